The normalized spacial score (nSPS) is 10.2. The number of rotatable bonds is 4. The van der Waals surface area contributed by atoms with Gasteiger partial charge in [-0.05, 0) is 70.8 Å². The monoisotopic (exact) mass is 492 g/mol. The molecule has 0 fully saturated rings. The molecule has 4 aromatic carbocycles. The third kappa shape index (κ3) is 5.57. The molecule has 0 nitrogen and oxygen atoms in total. The topological polar surface area (TPSA) is 0 Å². The van der Waals surface area contributed by atoms with E-state index >= 15 is 0 Å². The van der Waals surface area contributed by atoms with Crippen LogP contribution in [0.2, 0.25) is 20.1 Å². The van der Waals surface area contributed by atoms with E-state index in [1.165, 1.54) is 0 Å². The molecule has 4 aromatic rings. The number of hydrogen-bond donors (Lipinski definition) is 0. The van der Waals surface area contributed by atoms with E-state index in [4.69, 9.17) is 46.4 Å². The van der Waals surface area contributed by atoms with Crippen molar-refractivity contribution in [2.75, 3.05) is 0 Å². The molecule has 0 aromatic heterocycles. The minimum Gasteiger partial charge on any atom is -0.0843 e. The van der Waals surface area contributed by atoms with E-state index in [1.54, 1.807) is 0 Å². The lowest BCUT2D eigenvalue weighted by atomic mass is 9.97. The van der Waals surface area contributed by atoms with Gasteiger partial charge in [0.05, 0.1) is 0 Å². The van der Waals surface area contributed by atoms with Crippen LogP contribution in [0.4, 0.5) is 0 Å². The zero-order valence-corrected chi connectivity index (χ0v) is 19.8. The van der Waals surface area contributed by atoms with Crippen LogP contribution in [0.25, 0.3) is 11.1 Å². The van der Waals surface area contributed by atoms with Crippen molar-refractivity contribution in [1.82, 2.24) is 0 Å². The van der Waals surface area contributed by atoms with Crippen LogP contribution in [-0.4, -0.2) is 0 Å². The van der Waals surface area contributed by atoms with Crippen molar-refractivity contribution in [1.29, 1.82) is 0 Å². The molecule has 0 unspecified atom stereocenters. The fourth-order valence-electron chi connectivity index (χ4n) is 3.21. The quantitative estimate of drug-likeness (QED) is 0.248. The van der Waals surface area contributed by atoms with Crippen LogP contribution < -0.4 is 0 Å². The van der Waals surface area contributed by atoms with Gasteiger partial charge in [0.2, 0.25) is 0 Å². The Morgan fingerprint density at radius 2 is 0.531 bits per heavy atom. The maximum absolute atomic E-state index is 6.11. The first-order valence-corrected chi connectivity index (χ1v) is 11.3. The first-order valence-electron chi connectivity index (χ1n) is 9.79. The molecule has 4 heteroatoms. The second-order valence-corrected chi connectivity index (χ2v) is 8.77. The third-order valence-electron chi connectivity index (χ3n) is 4.84. The van der Waals surface area contributed by atoms with E-state index in [1.807, 2.05) is 97.1 Å². The van der Waals surface area contributed by atoms with Crippen molar-refractivity contribution >= 4 is 57.5 Å². The summed E-state index contributed by atoms with van der Waals surface area (Å²) in [5, 5.41) is 2.69. The van der Waals surface area contributed by atoms with Gasteiger partial charge in [-0.3, -0.25) is 0 Å². The Kier molecular flexibility index (Phi) is 7.26. The summed E-state index contributed by atoms with van der Waals surface area (Å²) < 4.78 is 0. The Hall–Kier alpha value is -2.66. The van der Waals surface area contributed by atoms with E-state index in [2.05, 4.69) is 11.5 Å². The van der Waals surface area contributed by atoms with Crippen molar-refractivity contribution in [3.05, 3.63) is 151 Å². The van der Waals surface area contributed by atoms with Gasteiger partial charge in [-0.25, -0.2) is 0 Å². The van der Waals surface area contributed by atoms with Gasteiger partial charge in [-0.2, -0.15) is 0 Å². The Morgan fingerprint density at radius 1 is 0.344 bits per heavy atom. The molecule has 156 valence electrons. The van der Waals surface area contributed by atoms with Crippen molar-refractivity contribution in [3.63, 3.8) is 0 Å². The standard InChI is InChI=1S/C28H16Cl4/c29-23-9-1-19(2-10-23)27(20-3-11-24(30)12-4-20)17-18-28(21-5-13-25(31)14-6-21)22-7-15-26(32)16-8-22/h1-16H. The summed E-state index contributed by atoms with van der Waals surface area (Å²) >= 11 is 24.4. The zero-order chi connectivity index (χ0) is 22.5. The molecule has 0 heterocycles. The maximum atomic E-state index is 6.11. The predicted molar refractivity (Wildman–Crippen MR) is 138 cm³/mol. The Labute approximate surface area is 207 Å². The molecule has 0 aliphatic heterocycles. The van der Waals surface area contributed by atoms with Gasteiger partial charge >= 0.3 is 0 Å². The molecule has 0 N–H and O–H groups in total. The minimum atomic E-state index is 0.673. The predicted octanol–water partition coefficient (Wildman–Crippen LogP) is 9.62. The number of halogens is 4. The summed E-state index contributed by atoms with van der Waals surface area (Å²) in [6, 6.07) is 30.6. The van der Waals surface area contributed by atoms with Gasteiger partial charge in [-0.15, -0.1) is 0 Å². The van der Waals surface area contributed by atoms with Gasteiger partial charge < -0.3 is 0 Å². The molecular weight excluding hydrogens is 478 g/mol. The summed E-state index contributed by atoms with van der Waals surface area (Å²) in [7, 11) is 0. The van der Waals surface area contributed by atoms with Crippen molar-refractivity contribution in [2.45, 2.75) is 0 Å². The van der Waals surface area contributed by atoms with E-state index in [0.29, 0.717) is 20.1 Å². The molecule has 32 heavy (non-hydrogen) atoms. The van der Waals surface area contributed by atoms with Crippen LogP contribution in [0.1, 0.15) is 22.3 Å². The highest BCUT2D eigenvalue weighted by molar-refractivity contribution is 6.31. The zero-order valence-electron chi connectivity index (χ0n) is 16.7. The third-order valence-corrected chi connectivity index (χ3v) is 5.85. The summed E-state index contributed by atoms with van der Waals surface area (Å²) in [6.07, 6.45) is 0. The highest BCUT2D eigenvalue weighted by Gasteiger charge is 2.07. The molecule has 0 saturated carbocycles. The highest BCUT2D eigenvalue weighted by Crippen LogP contribution is 2.28. The SMILES string of the molecule is Clc1ccc(C(=C=C=C(c2ccc(Cl)cc2)c2ccc(Cl)cc2)c2ccc(Cl)cc2)cc1. The summed E-state index contributed by atoms with van der Waals surface area (Å²) in [6.45, 7) is 0. The van der Waals surface area contributed by atoms with Gasteiger partial charge in [0.25, 0.3) is 0 Å². The molecular formula is C28H16Cl4. The van der Waals surface area contributed by atoms with E-state index < -0.39 is 0 Å². The molecule has 0 aliphatic rings. The van der Waals surface area contributed by atoms with Gasteiger partial charge in [0.15, 0.2) is 0 Å². The molecule has 0 bridgehead atoms. The van der Waals surface area contributed by atoms with Gasteiger partial charge in [0, 0.05) is 31.2 Å². The Bertz CT molecular complexity index is 1120. The Balaban J connectivity index is 2.00. The fraction of sp³-hybridized carbons (Fsp3) is 0. The minimum absolute atomic E-state index is 0.673. The molecule has 0 atom stereocenters. The van der Waals surface area contributed by atoms with E-state index in [0.717, 1.165) is 33.4 Å². The average Bonchev–Trinajstić information content (AvgIpc) is 2.80. The maximum Gasteiger partial charge on any atom is 0.0406 e. The lowest BCUT2D eigenvalue weighted by molar-refractivity contribution is 1.54. The van der Waals surface area contributed by atoms with Crippen molar-refractivity contribution < 1.29 is 0 Å². The molecule has 0 amide bonds. The number of hydrogen-bond acceptors (Lipinski definition) is 0. The fourth-order valence-corrected chi connectivity index (χ4v) is 3.72. The highest BCUT2D eigenvalue weighted by atomic mass is 35.5. The number of benzene rings is 4. The van der Waals surface area contributed by atoms with Crippen molar-refractivity contribution in [3.8, 4) is 0 Å². The average molecular weight is 494 g/mol. The lowest BCUT2D eigenvalue weighted by Gasteiger charge is -2.07. The molecule has 0 saturated heterocycles. The smallest absolute Gasteiger partial charge is 0.0406 e. The molecule has 0 aliphatic carbocycles. The molecule has 0 spiro atoms. The van der Waals surface area contributed by atoms with Crippen LogP contribution >= 0.6 is 46.4 Å². The largest absolute Gasteiger partial charge is 0.0843 e. The summed E-state index contributed by atoms with van der Waals surface area (Å²) in [5.74, 6) is 0. The first-order chi connectivity index (χ1) is 15.5. The lowest BCUT2D eigenvalue weighted by Crippen LogP contribution is -1.88. The second kappa shape index (κ2) is 10.3. The van der Waals surface area contributed by atoms with Crippen LogP contribution in [0, 0.1) is 0 Å². The Morgan fingerprint density at radius 3 is 0.719 bits per heavy atom. The van der Waals surface area contributed by atoms with Gasteiger partial charge in [0.1, 0.15) is 0 Å². The van der Waals surface area contributed by atoms with Gasteiger partial charge in [-0.1, -0.05) is 106 Å². The first kappa shape index (κ1) is 22.5. The second-order valence-electron chi connectivity index (χ2n) is 7.03. The van der Waals surface area contributed by atoms with Crippen LogP contribution in [0.3, 0.4) is 0 Å². The van der Waals surface area contributed by atoms with Crippen molar-refractivity contribution in [2.24, 2.45) is 0 Å². The van der Waals surface area contributed by atoms with Crippen LogP contribution in [0.15, 0.2) is 109 Å². The summed E-state index contributed by atoms with van der Waals surface area (Å²) in [5.41, 5.74) is 12.4. The van der Waals surface area contributed by atoms with E-state index in [-0.39, 0.29) is 0 Å². The van der Waals surface area contributed by atoms with Crippen LogP contribution in [-0.2, 0) is 0 Å². The summed E-state index contributed by atoms with van der Waals surface area (Å²) in [4.78, 5) is 0. The molecule has 0 radical (unpaired) electrons. The van der Waals surface area contributed by atoms with E-state index in [9.17, 15) is 0 Å². The molecule has 4 rings (SSSR count). The van der Waals surface area contributed by atoms with Crippen LogP contribution in [0.5, 0.6) is 0 Å².